The molecule has 0 saturated heterocycles. The monoisotopic (exact) mass is 261 g/mol. The van der Waals surface area contributed by atoms with Crippen LogP contribution in [0.3, 0.4) is 0 Å². The van der Waals surface area contributed by atoms with E-state index in [1.807, 2.05) is 10.7 Å². The molecule has 19 heavy (non-hydrogen) atoms. The van der Waals surface area contributed by atoms with Crippen molar-refractivity contribution < 1.29 is 9.90 Å². The predicted octanol–water partition coefficient (Wildman–Crippen LogP) is 3.13. The number of carboxylic acids is 1. The van der Waals surface area contributed by atoms with Gasteiger partial charge in [0, 0.05) is 0 Å². The van der Waals surface area contributed by atoms with Gasteiger partial charge in [-0.05, 0) is 31.4 Å². The van der Waals surface area contributed by atoms with Gasteiger partial charge < -0.3 is 5.11 Å². The lowest BCUT2D eigenvalue weighted by atomic mass is 10.0. The van der Waals surface area contributed by atoms with Crippen molar-refractivity contribution in [1.82, 2.24) is 15.0 Å². The second-order valence-electron chi connectivity index (χ2n) is 5.11. The molecule has 0 bridgehead atoms. The highest BCUT2D eigenvalue weighted by atomic mass is 16.4. The van der Waals surface area contributed by atoms with Gasteiger partial charge in [0.2, 0.25) is 0 Å². The molecule has 2 atom stereocenters. The standard InChI is InChI=1S/C14H19N3O2/c1-4-9(2)8-10(3)17-12-7-5-6-11(14(18)19)13(12)15-16-17/h5-7,9-10H,4,8H2,1-3H3,(H,18,19). The quantitative estimate of drug-likeness (QED) is 0.897. The van der Waals surface area contributed by atoms with Crippen molar-refractivity contribution in [3.8, 4) is 0 Å². The van der Waals surface area contributed by atoms with Crippen LogP contribution in [0.1, 0.15) is 50.0 Å². The molecule has 0 radical (unpaired) electrons. The molecule has 102 valence electrons. The summed E-state index contributed by atoms with van der Waals surface area (Å²) < 4.78 is 1.83. The second-order valence-corrected chi connectivity index (χ2v) is 5.11. The van der Waals surface area contributed by atoms with Crippen molar-refractivity contribution >= 4 is 17.0 Å². The van der Waals surface area contributed by atoms with Gasteiger partial charge in [0.1, 0.15) is 5.52 Å². The molecule has 2 aromatic rings. The van der Waals surface area contributed by atoms with Crippen LogP contribution in [0, 0.1) is 5.92 Å². The second kappa shape index (κ2) is 5.38. The van der Waals surface area contributed by atoms with Crippen molar-refractivity contribution in [3.05, 3.63) is 23.8 Å². The Balaban J connectivity index is 2.40. The average Bonchev–Trinajstić information content (AvgIpc) is 2.81. The van der Waals surface area contributed by atoms with Gasteiger partial charge in [-0.1, -0.05) is 31.5 Å². The Labute approximate surface area is 112 Å². The number of carboxylic acid groups (broad SMARTS) is 1. The zero-order valence-corrected chi connectivity index (χ0v) is 11.5. The first-order valence-electron chi connectivity index (χ1n) is 6.61. The number of hydrogen-bond donors (Lipinski definition) is 1. The summed E-state index contributed by atoms with van der Waals surface area (Å²) in [4.78, 5) is 11.1. The molecule has 0 aliphatic rings. The van der Waals surface area contributed by atoms with Crippen molar-refractivity contribution in [2.24, 2.45) is 5.92 Å². The zero-order chi connectivity index (χ0) is 14.0. The van der Waals surface area contributed by atoms with E-state index >= 15 is 0 Å². The fourth-order valence-electron chi connectivity index (χ4n) is 2.31. The number of fused-ring (bicyclic) bond motifs is 1. The summed E-state index contributed by atoms with van der Waals surface area (Å²) in [6.45, 7) is 6.46. The zero-order valence-electron chi connectivity index (χ0n) is 11.5. The van der Waals surface area contributed by atoms with E-state index in [-0.39, 0.29) is 11.6 Å². The first kappa shape index (κ1) is 13.5. The number of aromatic nitrogens is 3. The van der Waals surface area contributed by atoms with Crippen LogP contribution in [0.25, 0.3) is 11.0 Å². The van der Waals surface area contributed by atoms with Crippen LogP contribution in [-0.4, -0.2) is 26.1 Å². The van der Waals surface area contributed by atoms with Crippen molar-refractivity contribution in [3.63, 3.8) is 0 Å². The van der Waals surface area contributed by atoms with E-state index < -0.39 is 5.97 Å². The van der Waals surface area contributed by atoms with Crippen LogP contribution in [0.2, 0.25) is 0 Å². The summed E-state index contributed by atoms with van der Waals surface area (Å²) in [5.74, 6) is -0.357. The van der Waals surface area contributed by atoms with Gasteiger partial charge >= 0.3 is 5.97 Å². The lowest BCUT2D eigenvalue weighted by molar-refractivity contribution is 0.0699. The lowest BCUT2D eigenvalue weighted by Gasteiger charge is -2.16. The molecular weight excluding hydrogens is 242 g/mol. The van der Waals surface area contributed by atoms with Crippen LogP contribution in [0.15, 0.2) is 18.2 Å². The van der Waals surface area contributed by atoms with Crippen LogP contribution < -0.4 is 0 Å². The van der Waals surface area contributed by atoms with Gasteiger partial charge in [0.15, 0.2) is 0 Å². The summed E-state index contributed by atoms with van der Waals surface area (Å²) >= 11 is 0. The summed E-state index contributed by atoms with van der Waals surface area (Å²) in [5, 5.41) is 17.3. The molecule has 0 aliphatic heterocycles. The maximum absolute atomic E-state index is 11.1. The number of rotatable bonds is 5. The predicted molar refractivity (Wildman–Crippen MR) is 73.3 cm³/mol. The Morgan fingerprint density at radius 3 is 2.79 bits per heavy atom. The molecule has 1 aromatic heterocycles. The van der Waals surface area contributed by atoms with Crippen molar-refractivity contribution in [2.75, 3.05) is 0 Å². The molecule has 0 aliphatic carbocycles. The summed E-state index contributed by atoms with van der Waals surface area (Å²) in [5.41, 5.74) is 1.46. The fourth-order valence-corrected chi connectivity index (χ4v) is 2.31. The topological polar surface area (TPSA) is 68.0 Å². The molecule has 0 amide bonds. The Hall–Kier alpha value is -1.91. The summed E-state index contributed by atoms with van der Waals surface area (Å²) in [7, 11) is 0. The molecule has 1 heterocycles. The molecule has 2 rings (SSSR count). The number of benzene rings is 1. The van der Waals surface area contributed by atoms with Gasteiger partial charge in [-0.2, -0.15) is 0 Å². The molecule has 1 N–H and O–H groups in total. The Morgan fingerprint density at radius 2 is 2.16 bits per heavy atom. The fraction of sp³-hybridized carbons (Fsp3) is 0.500. The van der Waals surface area contributed by atoms with Gasteiger partial charge in [-0.25, -0.2) is 9.48 Å². The van der Waals surface area contributed by atoms with E-state index in [4.69, 9.17) is 5.11 Å². The van der Waals surface area contributed by atoms with E-state index in [0.717, 1.165) is 18.4 Å². The minimum atomic E-state index is -0.966. The number of aromatic carboxylic acids is 1. The van der Waals surface area contributed by atoms with Gasteiger partial charge in [-0.15, -0.1) is 5.10 Å². The highest BCUT2D eigenvalue weighted by Gasteiger charge is 2.17. The SMILES string of the molecule is CCC(C)CC(C)n1nnc2c(C(=O)O)cccc21. The molecule has 5 nitrogen and oxygen atoms in total. The average molecular weight is 261 g/mol. The smallest absolute Gasteiger partial charge is 0.338 e. The third kappa shape index (κ3) is 2.59. The number of nitrogens with zero attached hydrogens (tertiary/aromatic N) is 3. The largest absolute Gasteiger partial charge is 0.478 e. The highest BCUT2D eigenvalue weighted by Crippen LogP contribution is 2.24. The third-order valence-corrected chi connectivity index (χ3v) is 3.59. The lowest BCUT2D eigenvalue weighted by Crippen LogP contribution is -2.10. The normalized spacial score (nSPS) is 14.5. The van der Waals surface area contributed by atoms with Crippen LogP contribution >= 0.6 is 0 Å². The Morgan fingerprint density at radius 1 is 1.42 bits per heavy atom. The van der Waals surface area contributed by atoms with Gasteiger partial charge in [-0.3, -0.25) is 0 Å². The van der Waals surface area contributed by atoms with E-state index in [9.17, 15) is 4.79 Å². The van der Waals surface area contributed by atoms with Gasteiger partial charge in [0.05, 0.1) is 17.1 Å². The van der Waals surface area contributed by atoms with Crippen molar-refractivity contribution in [2.45, 2.75) is 39.7 Å². The minimum absolute atomic E-state index is 0.208. The van der Waals surface area contributed by atoms with Crippen molar-refractivity contribution in [1.29, 1.82) is 0 Å². The molecular formula is C14H19N3O2. The molecule has 1 aromatic carbocycles. The van der Waals surface area contributed by atoms with E-state index in [0.29, 0.717) is 11.4 Å². The summed E-state index contributed by atoms with van der Waals surface area (Å²) in [6.07, 6.45) is 2.13. The van der Waals surface area contributed by atoms with E-state index in [2.05, 4.69) is 31.1 Å². The molecule has 0 spiro atoms. The van der Waals surface area contributed by atoms with E-state index in [1.54, 1.807) is 12.1 Å². The maximum atomic E-state index is 11.1. The van der Waals surface area contributed by atoms with Crippen LogP contribution in [0.5, 0.6) is 0 Å². The number of hydrogen-bond acceptors (Lipinski definition) is 3. The molecule has 0 saturated carbocycles. The minimum Gasteiger partial charge on any atom is -0.478 e. The first-order chi connectivity index (χ1) is 9.04. The van der Waals surface area contributed by atoms with E-state index in [1.165, 1.54) is 0 Å². The molecule has 2 unspecified atom stereocenters. The maximum Gasteiger partial charge on any atom is 0.338 e. The summed E-state index contributed by atoms with van der Waals surface area (Å²) in [6, 6.07) is 5.38. The molecule has 5 heteroatoms. The first-order valence-corrected chi connectivity index (χ1v) is 6.61. The highest BCUT2D eigenvalue weighted by molar-refractivity contribution is 6.00. The Kier molecular flexibility index (Phi) is 3.83. The third-order valence-electron chi connectivity index (χ3n) is 3.59. The van der Waals surface area contributed by atoms with Crippen LogP contribution in [-0.2, 0) is 0 Å². The molecule has 0 fully saturated rings. The van der Waals surface area contributed by atoms with Gasteiger partial charge in [0.25, 0.3) is 0 Å². The van der Waals surface area contributed by atoms with Crippen LogP contribution in [0.4, 0.5) is 0 Å². The Bertz CT molecular complexity index is 591. The number of carbonyl (C=O) groups is 1.